The number of fused-ring (bicyclic) bond motifs is 1. The average molecular weight is 698 g/mol. The Morgan fingerprint density at radius 2 is 1.43 bits per heavy atom. The normalized spacial score (nSPS) is 16.4. The first-order chi connectivity index (χ1) is 25.0. The van der Waals surface area contributed by atoms with E-state index in [-0.39, 0.29) is 32.3 Å². The highest BCUT2D eigenvalue weighted by atomic mass is 16.6. The van der Waals surface area contributed by atoms with Crippen LogP contribution in [0.15, 0.2) is 78.0 Å². The lowest BCUT2D eigenvalue weighted by Gasteiger charge is -2.28. The Labute approximate surface area is 296 Å². The van der Waals surface area contributed by atoms with Crippen LogP contribution in [0, 0.1) is 0 Å². The van der Waals surface area contributed by atoms with E-state index in [9.17, 15) is 25.2 Å². The molecule has 6 rings (SSSR count). The molecule has 0 spiro atoms. The first kappa shape index (κ1) is 35.7. The van der Waals surface area contributed by atoms with Crippen molar-refractivity contribution in [2.24, 2.45) is 5.16 Å². The number of hydrogen-bond acceptors (Lipinski definition) is 11. The molecule has 4 aromatic rings. The van der Waals surface area contributed by atoms with Gasteiger partial charge in [0.1, 0.15) is 11.9 Å². The number of oxime groups is 1. The summed E-state index contributed by atoms with van der Waals surface area (Å²) in [5, 5.41) is 50.0. The lowest BCUT2D eigenvalue weighted by Crippen LogP contribution is -2.38. The zero-order valence-corrected chi connectivity index (χ0v) is 28.4. The molecule has 0 saturated carbocycles. The number of ether oxygens (including phenoxy) is 3. The third-order valence-corrected chi connectivity index (χ3v) is 9.13. The van der Waals surface area contributed by atoms with Crippen LogP contribution < -0.4 is 24.8 Å². The van der Waals surface area contributed by atoms with Gasteiger partial charge in [-0.2, -0.15) is 0 Å². The van der Waals surface area contributed by atoms with E-state index in [1.165, 1.54) is 0 Å². The lowest BCUT2D eigenvalue weighted by atomic mass is 9.93. The number of amides is 1. The van der Waals surface area contributed by atoms with E-state index in [0.29, 0.717) is 64.7 Å². The van der Waals surface area contributed by atoms with Gasteiger partial charge in [-0.25, -0.2) is 0 Å². The number of nitrogens with one attached hydrogen (secondary N) is 2. The number of anilines is 1. The molecule has 0 fully saturated rings. The number of carbonyl (C=O) groups excluding carboxylic acids is 1. The molecule has 51 heavy (non-hydrogen) atoms. The van der Waals surface area contributed by atoms with E-state index in [4.69, 9.17) is 19.0 Å². The highest BCUT2D eigenvalue weighted by Crippen LogP contribution is 2.35. The van der Waals surface area contributed by atoms with Crippen molar-refractivity contribution >= 4 is 17.3 Å². The van der Waals surface area contributed by atoms with Crippen molar-refractivity contribution < 1.29 is 44.3 Å². The molecule has 6 N–H and O–H groups in total. The minimum absolute atomic E-state index is 0.152. The first-order valence-corrected chi connectivity index (χ1v) is 17.0. The molecule has 0 radical (unpaired) electrons. The second-order valence-corrected chi connectivity index (χ2v) is 12.4. The van der Waals surface area contributed by atoms with Crippen LogP contribution >= 0.6 is 0 Å². The Morgan fingerprint density at radius 3 is 2.14 bits per heavy atom. The molecule has 0 saturated heterocycles. The molecule has 2 aliphatic heterocycles. The van der Waals surface area contributed by atoms with Gasteiger partial charge in [0.25, 0.3) is 5.91 Å². The molecule has 2 aliphatic rings. The molecular formula is C39H43N3O9. The number of rotatable bonds is 16. The van der Waals surface area contributed by atoms with Crippen molar-refractivity contribution in [3.8, 4) is 17.2 Å². The maximum Gasteiger partial charge on any atom is 0.255 e. The van der Waals surface area contributed by atoms with Gasteiger partial charge in [0.2, 0.25) is 0 Å². The topological polar surface area (TPSA) is 171 Å². The van der Waals surface area contributed by atoms with E-state index < -0.39 is 12.3 Å². The third kappa shape index (κ3) is 8.10. The number of aliphatic hydroxyl groups is 4. The predicted molar refractivity (Wildman–Crippen MR) is 190 cm³/mol. The number of nitrogens with zero attached hydrogens (tertiary/aromatic N) is 1. The van der Waals surface area contributed by atoms with Gasteiger partial charge < -0.3 is 50.1 Å². The fourth-order valence-electron chi connectivity index (χ4n) is 6.35. The third-order valence-electron chi connectivity index (χ3n) is 9.13. The summed E-state index contributed by atoms with van der Waals surface area (Å²) in [6.45, 7) is -0.0577. The van der Waals surface area contributed by atoms with Gasteiger partial charge in [0.15, 0.2) is 17.6 Å². The quantitative estimate of drug-likeness (QED) is 0.0875. The van der Waals surface area contributed by atoms with Crippen LogP contribution in [0.1, 0.15) is 87.3 Å². The molecule has 0 aliphatic carbocycles. The fraction of sp³-hybridized carbons (Fsp3) is 0.333. The smallest absolute Gasteiger partial charge is 0.255 e. The minimum Gasteiger partial charge on any atom is -0.493 e. The lowest BCUT2D eigenvalue weighted by molar-refractivity contribution is 0.0853. The van der Waals surface area contributed by atoms with Crippen molar-refractivity contribution in [3.63, 3.8) is 0 Å². The molecule has 2 heterocycles. The molecular weight excluding hydrogens is 654 g/mol. The molecule has 0 bridgehead atoms. The van der Waals surface area contributed by atoms with Gasteiger partial charge in [-0.15, -0.1) is 0 Å². The van der Waals surface area contributed by atoms with Crippen LogP contribution in [-0.2, 0) is 31.3 Å². The van der Waals surface area contributed by atoms with E-state index in [1.54, 1.807) is 25.3 Å². The van der Waals surface area contributed by atoms with Crippen molar-refractivity contribution in [1.82, 2.24) is 5.32 Å². The van der Waals surface area contributed by atoms with E-state index >= 15 is 0 Å². The molecule has 0 aromatic heterocycles. The SMILES string of the molecule is COc1ccc(C2=NOC(c3cc(CO)c(CO)c(CO)c3)C2)cc1OCCCCCOc1ccc(C2NC(=O)c3ccccc3N2)cc1CO. The summed E-state index contributed by atoms with van der Waals surface area (Å²) in [4.78, 5) is 18.3. The largest absolute Gasteiger partial charge is 0.493 e. The Hall–Kier alpha value is -5.14. The van der Waals surface area contributed by atoms with Gasteiger partial charge >= 0.3 is 0 Å². The van der Waals surface area contributed by atoms with Gasteiger partial charge in [0.05, 0.1) is 58.0 Å². The fourth-order valence-corrected chi connectivity index (χ4v) is 6.35. The summed E-state index contributed by atoms with van der Waals surface area (Å²) in [6.07, 6.45) is 2.08. The minimum atomic E-state index is -0.416. The van der Waals surface area contributed by atoms with E-state index in [1.807, 2.05) is 54.6 Å². The number of hydrogen-bond donors (Lipinski definition) is 6. The Morgan fingerprint density at radius 1 is 0.745 bits per heavy atom. The zero-order chi connectivity index (χ0) is 35.7. The number of benzene rings is 4. The molecule has 12 nitrogen and oxygen atoms in total. The standard InChI is InChI=1S/C39H43N3O9/c1-48-35-12-9-24(33-19-36(51-42-33)26-16-27(20-43)31(23-46)28(17-26)21-44)18-37(35)50-14-6-2-5-13-49-34-11-10-25(15-29(34)22-45)38-40-32-8-4-3-7-30(32)39(47)41-38/h3-4,7-12,15-18,36,38,40,43-46H,2,5-6,13-14,19-23H2,1H3,(H,41,47). The predicted octanol–water partition coefficient (Wildman–Crippen LogP) is 5.01. The Balaban J connectivity index is 0.978. The van der Waals surface area contributed by atoms with E-state index in [0.717, 1.165) is 47.4 Å². The highest BCUT2D eigenvalue weighted by Gasteiger charge is 2.27. The van der Waals surface area contributed by atoms with Crippen LogP contribution in [0.2, 0.25) is 0 Å². The number of carbonyl (C=O) groups is 1. The molecule has 4 aromatic carbocycles. The summed E-state index contributed by atoms with van der Waals surface area (Å²) < 4.78 is 17.7. The first-order valence-electron chi connectivity index (χ1n) is 17.0. The van der Waals surface area contributed by atoms with Crippen LogP contribution in [0.5, 0.6) is 17.2 Å². The maximum absolute atomic E-state index is 12.6. The van der Waals surface area contributed by atoms with Gasteiger partial charge in [0, 0.05) is 23.2 Å². The van der Waals surface area contributed by atoms with Gasteiger partial charge in [-0.05, 0) is 102 Å². The van der Waals surface area contributed by atoms with Crippen LogP contribution in [-0.4, -0.2) is 52.4 Å². The van der Waals surface area contributed by atoms with Crippen molar-refractivity contribution in [1.29, 1.82) is 0 Å². The van der Waals surface area contributed by atoms with Crippen LogP contribution in [0.4, 0.5) is 5.69 Å². The molecule has 2 unspecified atom stereocenters. The Kier molecular flexibility index (Phi) is 11.7. The molecule has 12 heteroatoms. The monoisotopic (exact) mass is 697 g/mol. The number of methoxy groups -OCH3 is 1. The molecule has 268 valence electrons. The van der Waals surface area contributed by atoms with Crippen molar-refractivity contribution in [3.05, 3.63) is 117 Å². The average Bonchev–Trinajstić information content (AvgIpc) is 3.67. The van der Waals surface area contributed by atoms with E-state index in [2.05, 4.69) is 15.8 Å². The second-order valence-electron chi connectivity index (χ2n) is 12.4. The molecule has 1 amide bonds. The second kappa shape index (κ2) is 16.7. The summed E-state index contributed by atoms with van der Waals surface area (Å²) in [7, 11) is 1.59. The Bertz CT molecular complexity index is 1850. The van der Waals surface area contributed by atoms with Crippen LogP contribution in [0.25, 0.3) is 0 Å². The number of para-hydroxylation sites is 1. The highest BCUT2D eigenvalue weighted by molar-refractivity contribution is 6.02. The van der Waals surface area contributed by atoms with Crippen LogP contribution in [0.3, 0.4) is 0 Å². The number of unbranched alkanes of at least 4 members (excludes halogenated alkanes) is 2. The van der Waals surface area contributed by atoms with Gasteiger partial charge in [-0.3, -0.25) is 4.79 Å². The van der Waals surface area contributed by atoms with Gasteiger partial charge in [-0.1, -0.05) is 23.4 Å². The molecule has 2 atom stereocenters. The summed E-state index contributed by atoms with van der Waals surface area (Å²) in [5.74, 6) is 1.65. The summed E-state index contributed by atoms with van der Waals surface area (Å²) in [6, 6.07) is 22.1. The van der Waals surface area contributed by atoms with Crippen molar-refractivity contribution in [2.45, 2.75) is 64.4 Å². The maximum atomic E-state index is 12.6. The summed E-state index contributed by atoms with van der Waals surface area (Å²) in [5.41, 5.74) is 6.75. The zero-order valence-electron chi connectivity index (χ0n) is 28.4. The number of aliphatic hydroxyl groups excluding tert-OH is 4. The summed E-state index contributed by atoms with van der Waals surface area (Å²) >= 11 is 0. The van der Waals surface area contributed by atoms with Crippen molar-refractivity contribution in [2.75, 3.05) is 25.6 Å².